The van der Waals surface area contributed by atoms with Crippen LogP contribution in [-0.2, 0) is 11.8 Å². The van der Waals surface area contributed by atoms with Gasteiger partial charge in [0.05, 0.1) is 11.7 Å². The summed E-state index contributed by atoms with van der Waals surface area (Å²) < 4.78 is 43.2. The maximum Gasteiger partial charge on any atom is 0.491 e. The first-order valence-corrected chi connectivity index (χ1v) is 8.66. The number of rotatable bonds is 3. The molecule has 0 aliphatic heterocycles. The Balaban J connectivity index is 2.19. The van der Waals surface area contributed by atoms with Crippen LogP contribution in [0.3, 0.4) is 0 Å². The van der Waals surface area contributed by atoms with Crippen LogP contribution in [0.2, 0.25) is 0 Å². The number of esters is 1. The van der Waals surface area contributed by atoms with Crippen molar-refractivity contribution in [2.45, 2.75) is 33.9 Å². The second-order valence-corrected chi connectivity index (χ2v) is 6.80. The average molecular weight is 405 g/mol. The standard InChI is InChI=1S/C20H18F3N3O3/c1-9-6-7-13(15-11(3)10(2)12(4)25-16(9)15)17(27)14-8-24-26(5)18(14)29-19(28)20(21,22)23/h6-8H,1-5H3. The number of hydrogen-bond donors (Lipinski definition) is 0. The Kier molecular flexibility index (Phi) is 4.94. The van der Waals surface area contributed by atoms with Crippen molar-refractivity contribution in [3.8, 4) is 5.88 Å². The quantitative estimate of drug-likeness (QED) is 0.488. The van der Waals surface area contributed by atoms with E-state index in [1.807, 2.05) is 27.7 Å². The van der Waals surface area contributed by atoms with Crippen LogP contribution in [0, 0.1) is 27.7 Å². The number of ether oxygens (including phenoxy) is 1. The highest BCUT2D eigenvalue weighted by Crippen LogP contribution is 2.31. The van der Waals surface area contributed by atoms with Crippen molar-refractivity contribution in [1.29, 1.82) is 0 Å². The molecule has 0 atom stereocenters. The summed E-state index contributed by atoms with van der Waals surface area (Å²) in [6.45, 7) is 7.47. The molecular formula is C20H18F3N3O3. The summed E-state index contributed by atoms with van der Waals surface area (Å²) in [6.07, 6.45) is -4.12. The molecule has 0 N–H and O–H groups in total. The highest BCUT2D eigenvalue weighted by molar-refractivity contribution is 6.18. The number of aryl methyl sites for hydroxylation is 4. The lowest BCUT2D eigenvalue weighted by molar-refractivity contribution is -0.190. The SMILES string of the molecule is Cc1nc2c(C)ccc(C(=O)c3cnn(C)c3OC(=O)C(F)(F)F)c2c(C)c1C. The molecule has 0 bridgehead atoms. The first kappa shape index (κ1) is 20.5. The third kappa shape index (κ3) is 3.48. The van der Waals surface area contributed by atoms with E-state index in [1.54, 1.807) is 12.1 Å². The van der Waals surface area contributed by atoms with Crippen molar-refractivity contribution in [2.75, 3.05) is 0 Å². The molecule has 0 aliphatic carbocycles. The summed E-state index contributed by atoms with van der Waals surface area (Å²) in [6, 6.07) is 3.31. The molecule has 3 rings (SSSR count). The van der Waals surface area contributed by atoms with Gasteiger partial charge in [0, 0.05) is 23.7 Å². The van der Waals surface area contributed by atoms with Gasteiger partial charge in [0.15, 0.2) is 0 Å². The molecule has 0 radical (unpaired) electrons. The number of ketones is 1. The lowest BCUT2D eigenvalue weighted by Crippen LogP contribution is -2.29. The molecule has 2 aromatic heterocycles. The number of benzene rings is 1. The number of pyridine rings is 1. The van der Waals surface area contributed by atoms with E-state index < -0.39 is 23.8 Å². The topological polar surface area (TPSA) is 74.1 Å². The highest BCUT2D eigenvalue weighted by Gasteiger charge is 2.42. The van der Waals surface area contributed by atoms with Gasteiger partial charge in [0.2, 0.25) is 11.7 Å². The molecule has 0 unspecified atom stereocenters. The molecule has 3 aromatic rings. The van der Waals surface area contributed by atoms with Crippen LogP contribution in [0.25, 0.3) is 10.9 Å². The molecule has 6 nitrogen and oxygen atoms in total. The zero-order chi connectivity index (χ0) is 21.7. The van der Waals surface area contributed by atoms with Crippen molar-refractivity contribution in [3.05, 3.63) is 51.8 Å². The van der Waals surface area contributed by atoms with Crippen LogP contribution in [0.1, 0.15) is 38.3 Å². The van der Waals surface area contributed by atoms with Crippen LogP contribution < -0.4 is 4.74 Å². The smallest absolute Gasteiger partial charge is 0.400 e. The number of fused-ring (bicyclic) bond motifs is 1. The Morgan fingerprint density at radius 1 is 1.03 bits per heavy atom. The summed E-state index contributed by atoms with van der Waals surface area (Å²) in [4.78, 5) is 29.1. The van der Waals surface area contributed by atoms with Gasteiger partial charge in [-0.3, -0.25) is 9.78 Å². The fourth-order valence-corrected chi connectivity index (χ4v) is 3.11. The summed E-state index contributed by atoms with van der Waals surface area (Å²) >= 11 is 0. The van der Waals surface area contributed by atoms with Gasteiger partial charge in [-0.05, 0) is 50.5 Å². The molecule has 0 aliphatic rings. The monoisotopic (exact) mass is 405 g/mol. The minimum absolute atomic E-state index is 0.243. The van der Waals surface area contributed by atoms with E-state index >= 15 is 0 Å². The minimum atomic E-state index is -5.20. The Morgan fingerprint density at radius 3 is 2.31 bits per heavy atom. The van der Waals surface area contributed by atoms with E-state index in [0.29, 0.717) is 10.9 Å². The molecule has 29 heavy (non-hydrogen) atoms. The normalized spacial score (nSPS) is 11.7. The number of hydrogen-bond acceptors (Lipinski definition) is 5. The van der Waals surface area contributed by atoms with E-state index in [9.17, 15) is 22.8 Å². The third-order valence-electron chi connectivity index (χ3n) is 4.93. The molecular weight excluding hydrogens is 387 g/mol. The van der Waals surface area contributed by atoms with Crippen molar-refractivity contribution < 1.29 is 27.5 Å². The van der Waals surface area contributed by atoms with Crippen LogP contribution in [0.5, 0.6) is 5.88 Å². The van der Waals surface area contributed by atoms with Gasteiger partial charge in [-0.1, -0.05) is 6.07 Å². The van der Waals surface area contributed by atoms with Gasteiger partial charge in [-0.15, -0.1) is 0 Å². The largest absolute Gasteiger partial charge is 0.491 e. The van der Waals surface area contributed by atoms with Gasteiger partial charge < -0.3 is 4.74 Å². The van der Waals surface area contributed by atoms with E-state index in [-0.39, 0.29) is 11.1 Å². The lowest BCUT2D eigenvalue weighted by atomic mass is 9.93. The van der Waals surface area contributed by atoms with Gasteiger partial charge in [0.25, 0.3) is 0 Å². The Morgan fingerprint density at radius 2 is 1.69 bits per heavy atom. The van der Waals surface area contributed by atoms with Crippen molar-refractivity contribution in [3.63, 3.8) is 0 Å². The fraction of sp³-hybridized carbons (Fsp3) is 0.300. The summed E-state index contributed by atoms with van der Waals surface area (Å²) in [7, 11) is 1.28. The van der Waals surface area contributed by atoms with Gasteiger partial charge in [-0.2, -0.15) is 18.3 Å². The second-order valence-electron chi connectivity index (χ2n) is 6.80. The predicted octanol–water partition coefficient (Wildman–Crippen LogP) is 3.90. The van der Waals surface area contributed by atoms with Gasteiger partial charge >= 0.3 is 12.1 Å². The van der Waals surface area contributed by atoms with Crippen molar-refractivity contribution in [2.24, 2.45) is 7.05 Å². The molecule has 1 aromatic carbocycles. The summed E-state index contributed by atoms with van der Waals surface area (Å²) in [5.74, 6) is -3.60. The number of alkyl halides is 3. The van der Waals surface area contributed by atoms with E-state index in [0.717, 1.165) is 33.3 Å². The van der Waals surface area contributed by atoms with Crippen LogP contribution in [0.4, 0.5) is 13.2 Å². The minimum Gasteiger partial charge on any atom is -0.400 e. The van der Waals surface area contributed by atoms with Crippen molar-refractivity contribution >= 4 is 22.7 Å². The maximum atomic E-state index is 13.2. The Labute approximate surface area is 164 Å². The van der Waals surface area contributed by atoms with Crippen LogP contribution >= 0.6 is 0 Å². The predicted molar refractivity (Wildman–Crippen MR) is 99.0 cm³/mol. The summed E-state index contributed by atoms with van der Waals surface area (Å²) in [5.41, 5.74) is 4.07. The number of carbonyl (C=O) groups excluding carboxylic acids is 2. The average Bonchev–Trinajstić information content (AvgIpc) is 3.00. The van der Waals surface area contributed by atoms with Gasteiger partial charge in [-0.25, -0.2) is 9.48 Å². The van der Waals surface area contributed by atoms with Crippen LogP contribution in [-0.4, -0.2) is 32.7 Å². The van der Waals surface area contributed by atoms with E-state index in [4.69, 9.17) is 0 Å². The number of aromatic nitrogens is 3. The molecule has 9 heteroatoms. The molecule has 0 spiro atoms. The molecule has 0 amide bonds. The number of nitrogens with zero attached hydrogens (tertiary/aromatic N) is 3. The number of halogens is 3. The second kappa shape index (κ2) is 6.98. The first-order valence-electron chi connectivity index (χ1n) is 8.66. The van der Waals surface area contributed by atoms with Crippen molar-refractivity contribution in [1.82, 2.24) is 14.8 Å². The van der Waals surface area contributed by atoms with Gasteiger partial charge in [0.1, 0.15) is 5.56 Å². The molecule has 2 heterocycles. The van der Waals surface area contributed by atoms with Crippen LogP contribution in [0.15, 0.2) is 18.3 Å². The first-order chi connectivity index (χ1) is 13.4. The van der Waals surface area contributed by atoms with E-state index in [2.05, 4.69) is 14.8 Å². The maximum absolute atomic E-state index is 13.2. The molecule has 152 valence electrons. The van der Waals surface area contributed by atoms with E-state index in [1.165, 1.54) is 7.05 Å². The lowest BCUT2D eigenvalue weighted by Gasteiger charge is -2.14. The fourth-order valence-electron chi connectivity index (χ4n) is 3.11. The zero-order valence-electron chi connectivity index (χ0n) is 16.4. The molecule has 0 saturated heterocycles. The molecule has 0 saturated carbocycles. The summed E-state index contributed by atoms with van der Waals surface area (Å²) in [5, 5.41) is 4.39. The third-order valence-corrected chi connectivity index (χ3v) is 4.93. The Hall–Kier alpha value is -3.23. The highest BCUT2D eigenvalue weighted by atomic mass is 19.4. The number of carbonyl (C=O) groups is 2. The zero-order valence-corrected chi connectivity index (χ0v) is 16.4. The molecule has 0 fully saturated rings. The Bertz CT molecular complexity index is 1160.